The smallest absolute Gasteiger partial charge is 0.134 e. The van der Waals surface area contributed by atoms with Crippen molar-refractivity contribution in [2.24, 2.45) is 11.8 Å². The molecule has 2 aromatic rings. The number of halogens is 1. The summed E-state index contributed by atoms with van der Waals surface area (Å²) in [6.07, 6.45) is 11.4. The van der Waals surface area contributed by atoms with Gasteiger partial charge in [0, 0.05) is 11.6 Å². The van der Waals surface area contributed by atoms with Crippen LogP contribution in [0.15, 0.2) is 42.5 Å². The van der Waals surface area contributed by atoms with Gasteiger partial charge in [0.1, 0.15) is 11.6 Å². The first-order valence-corrected chi connectivity index (χ1v) is 11.2. The number of rotatable bonds is 9. The quantitative estimate of drug-likeness (QED) is 0.429. The van der Waals surface area contributed by atoms with Crippen LogP contribution in [0.1, 0.15) is 70.8 Å². The van der Waals surface area contributed by atoms with Crippen molar-refractivity contribution in [3.05, 3.63) is 53.8 Å². The maximum Gasteiger partial charge on any atom is 0.134 e. The molecule has 0 heterocycles. The Morgan fingerprint density at radius 2 is 1.61 bits per heavy atom. The zero-order valence-corrected chi connectivity index (χ0v) is 17.6. The Balaban J connectivity index is 1.52. The normalized spacial score (nSPS) is 19.5. The lowest BCUT2D eigenvalue weighted by Gasteiger charge is -2.28. The molecule has 0 N–H and O–H groups in total. The third kappa shape index (κ3) is 5.83. The minimum Gasteiger partial charge on any atom is -0.493 e. The summed E-state index contributed by atoms with van der Waals surface area (Å²) in [7, 11) is 0. The number of aryl methyl sites for hydroxylation is 1. The highest BCUT2D eigenvalue weighted by molar-refractivity contribution is 5.65. The first-order chi connectivity index (χ1) is 13.7. The van der Waals surface area contributed by atoms with E-state index in [1.807, 2.05) is 24.3 Å². The Kier molecular flexibility index (Phi) is 7.94. The second-order valence-corrected chi connectivity index (χ2v) is 8.43. The lowest BCUT2D eigenvalue weighted by molar-refractivity contribution is 0.177. The molecule has 0 amide bonds. The molecule has 28 heavy (non-hydrogen) atoms. The van der Waals surface area contributed by atoms with Gasteiger partial charge in [-0.3, -0.25) is 0 Å². The summed E-state index contributed by atoms with van der Waals surface area (Å²) in [5.74, 6) is 1.98. The van der Waals surface area contributed by atoms with Crippen molar-refractivity contribution in [1.29, 1.82) is 0 Å². The molecule has 0 unspecified atom stereocenters. The van der Waals surface area contributed by atoms with E-state index in [9.17, 15) is 4.39 Å². The van der Waals surface area contributed by atoms with Gasteiger partial charge in [-0.2, -0.15) is 0 Å². The molecule has 0 aromatic heterocycles. The molecule has 0 spiro atoms. The fraction of sp³-hybridized carbons (Fsp3) is 0.538. The maximum atomic E-state index is 14.6. The van der Waals surface area contributed by atoms with Gasteiger partial charge in [-0.15, -0.1) is 0 Å². The molecule has 0 bridgehead atoms. The topological polar surface area (TPSA) is 9.23 Å². The van der Waals surface area contributed by atoms with Crippen LogP contribution in [-0.4, -0.2) is 6.61 Å². The molecule has 2 aromatic carbocycles. The van der Waals surface area contributed by atoms with Crippen molar-refractivity contribution in [3.63, 3.8) is 0 Å². The van der Waals surface area contributed by atoms with Crippen molar-refractivity contribution in [3.8, 4) is 16.9 Å². The summed E-state index contributed by atoms with van der Waals surface area (Å²) in [5, 5.41) is 0. The molecule has 152 valence electrons. The predicted molar refractivity (Wildman–Crippen MR) is 116 cm³/mol. The average Bonchev–Trinajstić information content (AvgIpc) is 2.72. The van der Waals surface area contributed by atoms with Crippen LogP contribution < -0.4 is 4.74 Å². The highest BCUT2D eigenvalue weighted by Gasteiger charge is 2.21. The molecular weight excluding hydrogens is 347 g/mol. The molecule has 1 aliphatic carbocycles. The minimum atomic E-state index is -0.205. The summed E-state index contributed by atoms with van der Waals surface area (Å²) < 4.78 is 20.6. The van der Waals surface area contributed by atoms with Crippen LogP contribution in [0.3, 0.4) is 0 Å². The largest absolute Gasteiger partial charge is 0.493 e. The van der Waals surface area contributed by atoms with E-state index in [0.29, 0.717) is 23.8 Å². The van der Waals surface area contributed by atoms with Crippen molar-refractivity contribution >= 4 is 0 Å². The van der Waals surface area contributed by atoms with Gasteiger partial charge in [0.05, 0.1) is 6.61 Å². The molecular formula is C26H35FO. The summed E-state index contributed by atoms with van der Waals surface area (Å²) in [6, 6.07) is 13.5. The summed E-state index contributed by atoms with van der Waals surface area (Å²) >= 11 is 0. The zero-order valence-electron chi connectivity index (χ0n) is 17.6. The average molecular weight is 383 g/mol. The molecule has 1 nitrogen and oxygen atoms in total. The minimum absolute atomic E-state index is 0.205. The number of unbranched alkanes of at least 4 members (excludes halogenated alkanes) is 1. The van der Waals surface area contributed by atoms with Crippen LogP contribution in [-0.2, 0) is 6.42 Å². The van der Waals surface area contributed by atoms with Crippen LogP contribution in [0.2, 0.25) is 0 Å². The molecule has 0 radical (unpaired) electrons. The highest BCUT2D eigenvalue weighted by Crippen LogP contribution is 2.33. The van der Waals surface area contributed by atoms with Crippen LogP contribution in [0.25, 0.3) is 11.1 Å². The summed E-state index contributed by atoms with van der Waals surface area (Å²) in [4.78, 5) is 0. The molecule has 0 atom stereocenters. The first kappa shape index (κ1) is 20.9. The lowest BCUT2D eigenvalue weighted by Crippen LogP contribution is -2.20. The van der Waals surface area contributed by atoms with E-state index in [1.54, 1.807) is 6.07 Å². The van der Waals surface area contributed by atoms with Crippen LogP contribution in [0.5, 0.6) is 5.75 Å². The van der Waals surface area contributed by atoms with Crippen molar-refractivity contribution in [2.75, 3.05) is 6.61 Å². The highest BCUT2D eigenvalue weighted by atomic mass is 19.1. The van der Waals surface area contributed by atoms with Gasteiger partial charge >= 0.3 is 0 Å². The van der Waals surface area contributed by atoms with Gasteiger partial charge in [-0.05, 0) is 54.4 Å². The molecule has 1 aliphatic rings. The monoisotopic (exact) mass is 382 g/mol. The molecule has 2 heteroatoms. The molecule has 1 fully saturated rings. The van der Waals surface area contributed by atoms with Crippen molar-refractivity contribution < 1.29 is 9.13 Å². The molecule has 0 aliphatic heterocycles. The van der Waals surface area contributed by atoms with Crippen molar-refractivity contribution in [1.82, 2.24) is 0 Å². The summed E-state index contributed by atoms with van der Waals surface area (Å²) in [5.41, 5.74) is 2.87. The van der Waals surface area contributed by atoms with E-state index in [1.165, 1.54) is 50.5 Å². The molecule has 1 saturated carbocycles. The molecule has 3 rings (SSSR count). The van der Waals surface area contributed by atoms with E-state index in [2.05, 4.69) is 26.0 Å². The lowest BCUT2D eigenvalue weighted by atomic mass is 9.80. The zero-order chi connectivity index (χ0) is 19.8. The maximum absolute atomic E-state index is 14.6. The third-order valence-corrected chi connectivity index (χ3v) is 6.16. The van der Waals surface area contributed by atoms with Crippen LogP contribution in [0, 0.1) is 17.7 Å². The number of hydrogen-bond donors (Lipinski definition) is 0. The Bertz CT molecular complexity index is 714. The fourth-order valence-electron chi connectivity index (χ4n) is 4.35. The van der Waals surface area contributed by atoms with E-state index in [4.69, 9.17) is 4.74 Å². The van der Waals surface area contributed by atoms with Crippen molar-refractivity contribution in [2.45, 2.75) is 71.6 Å². The van der Waals surface area contributed by atoms with Gasteiger partial charge in [0.15, 0.2) is 0 Å². The Labute approximate surface area is 170 Å². The molecule has 0 saturated heterocycles. The van der Waals surface area contributed by atoms with E-state index in [-0.39, 0.29) is 5.82 Å². The number of ether oxygens (including phenoxy) is 1. The second kappa shape index (κ2) is 10.6. The number of hydrogen-bond acceptors (Lipinski definition) is 1. The van der Waals surface area contributed by atoms with Crippen LogP contribution >= 0.6 is 0 Å². The number of benzene rings is 2. The summed E-state index contributed by atoms with van der Waals surface area (Å²) in [6.45, 7) is 5.15. The Hall–Kier alpha value is -1.83. The van der Waals surface area contributed by atoms with E-state index < -0.39 is 0 Å². The SMILES string of the molecule is CCCCC1CCC(COc2ccc(-c3ccc(CCC)cc3)c(F)c2)CC1. The van der Waals surface area contributed by atoms with E-state index >= 15 is 0 Å². The second-order valence-electron chi connectivity index (χ2n) is 8.43. The first-order valence-electron chi connectivity index (χ1n) is 11.2. The van der Waals surface area contributed by atoms with Gasteiger partial charge < -0.3 is 4.74 Å². The van der Waals surface area contributed by atoms with Gasteiger partial charge in [0.2, 0.25) is 0 Å². The van der Waals surface area contributed by atoms with Crippen LogP contribution in [0.4, 0.5) is 4.39 Å². The predicted octanol–water partition coefficient (Wildman–Crippen LogP) is 7.82. The Morgan fingerprint density at radius 3 is 2.25 bits per heavy atom. The van der Waals surface area contributed by atoms with Gasteiger partial charge in [-0.25, -0.2) is 4.39 Å². The standard InChI is InChI=1S/C26H35FO/c1-3-5-7-21-8-10-22(11-9-21)19-28-24-16-17-25(26(27)18-24)23-14-12-20(6-4-2)13-15-23/h12-18,21-22H,3-11,19H2,1-2H3. The Morgan fingerprint density at radius 1 is 0.893 bits per heavy atom. The van der Waals surface area contributed by atoms with Gasteiger partial charge in [0.25, 0.3) is 0 Å². The third-order valence-electron chi connectivity index (χ3n) is 6.16. The fourth-order valence-corrected chi connectivity index (χ4v) is 4.35. The van der Waals surface area contributed by atoms with E-state index in [0.717, 1.165) is 24.3 Å². The van der Waals surface area contributed by atoms with Gasteiger partial charge in [-0.1, -0.05) is 76.6 Å².